The molecule has 1 aliphatic carbocycles. The molecule has 2 aromatic carbocycles. The Kier molecular flexibility index (Phi) is 8.00. The number of aliphatic hydroxyl groups excluding tert-OH is 1. The number of carbonyl (C=O) groups excluding carboxylic acids is 1. The zero-order chi connectivity index (χ0) is 26.0. The highest BCUT2D eigenvalue weighted by molar-refractivity contribution is 5.73. The summed E-state index contributed by atoms with van der Waals surface area (Å²) in [7, 11) is 0. The zero-order valence-corrected chi connectivity index (χ0v) is 21.7. The molecule has 5 nitrogen and oxygen atoms in total. The molecule has 196 valence electrons. The number of amides is 1. The molecular weight excluding hydrogens is 462 g/mol. The molecule has 2 aromatic rings. The first-order valence-electron chi connectivity index (χ1n) is 13.0. The van der Waals surface area contributed by atoms with Crippen molar-refractivity contribution in [3.8, 4) is 5.75 Å². The fourth-order valence-electron chi connectivity index (χ4n) is 5.28. The summed E-state index contributed by atoms with van der Waals surface area (Å²) >= 11 is 0. The van der Waals surface area contributed by atoms with Gasteiger partial charge in [0.25, 0.3) is 0 Å². The lowest BCUT2D eigenvalue weighted by atomic mass is 9.85. The molecule has 1 aliphatic heterocycles. The molecule has 0 radical (unpaired) electrons. The van der Waals surface area contributed by atoms with Gasteiger partial charge in [-0.25, -0.2) is 8.78 Å². The highest BCUT2D eigenvalue weighted by atomic mass is 19.1. The summed E-state index contributed by atoms with van der Waals surface area (Å²) in [4.78, 5) is 11.8. The van der Waals surface area contributed by atoms with Crippen molar-refractivity contribution in [3.05, 3.63) is 64.7 Å². The van der Waals surface area contributed by atoms with Crippen LogP contribution in [0.3, 0.4) is 0 Å². The van der Waals surface area contributed by atoms with E-state index in [2.05, 4.69) is 49.6 Å². The highest BCUT2D eigenvalue weighted by Gasteiger charge is 2.40. The Balaban J connectivity index is 1.49. The van der Waals surface area contributed by atoms with E-state index in [1.807, 2.05) is 0 Å². The van der Waals surface area contributed by atoms with Gasteiger partial charge in [-0.15, -0.1) is 0 Å². The molecule has 4 rings (SSSR count). The minimum Gasteiger partial charge on any atom is -0.489 e. The van der Waals surface area contributed by atoms with Crippen molar-refractivity contribution in [2.24, 2.45) is 11.3 Å². The Bertz CT molecular complexity index is 1060. The van der Waals surface area contributed by atoms with E-state index in [0.717, 1.165) is 30.2 Å². The van der Waals surface area contributed by atoms with Crippen LogP contribution in [0.15, 0.2) is 36.4 Å². The van der Waals surface area contributed by atoms with E-state index < -0.39 is 23.8 Å². The van der Waals surface area contributed by atoms with Crippen LogP contribution in [-0.2, 0) is 17.6 Å². The number of rotatable bonds is 9. The van der Waals surface area contributed by atoms with Gasteiger partial charge in [0.2, 0.25) is 5.91 Å². The standard InChI is InChI=1S/C29H38F2N2O3/c1-17(34)33-25(12-19-9-21(30)13-22(31)10-19)26(35)16-32-24-14-28(20-6-7-20)36-27-8-5-18(11-23(24)27)15-29(2,3)4/h5,8-11,13,20,24-26,28,32,35H,6-7,12,14-16H2,1-4H3,(H,33,34)/p+1/t24-,25-,26+,28+/m0/s1. The smallest absolute Gasteiger partial charge is 0.217 e. The highest BCUT2D eigenvalue weighted by Crippen LogP contribution is 2.43. The third kappa shape index (κ3) is 7.26. The number of nitrogens with one attached hydrogen (secondary N) is 1. The maximum Gasteiger partial charge on any atom is 0.217 e. The van der Waals surface area contributed by atoms with Crippen molar-refractivity contribution in [1.82, 2.24) is 5.32 Å². The molecular formula is C29H39F2N2O3+. The van der Waals surface area contributed by atoms with Crippen LogP contribution in [0.4, 0.5) is 8.78 Å². The number of quaternary nitrogens is 1. The van der Waals surface area contributed by atoms with E-state index in [9.17, 15) is 18.7 Å². The van der Waals surface area contributed by atoms with E-state index in [1.165, 1.54) is 37.5 Å². The quantitative estimate of drug-likeness (QED) is 0.489. The Morgan fingerprint density at radius 1 is 1.14 bits per heavy atom. The maximum absolute atomic E-state index is 13.7. The van der Waals surface area contributed by atoms with E-state index in [4.69, 9.17) is 4.74 Å². The first-order valence-corrected chi connectivity index (χ1v) is 13.0. The molecule has 2 aliphatic rings. The number of halogens is 2. The fourth-order valence-corrected chi connectivity index (χ4v) is 5.28. The minimum atomic E-state index is -0.899. The molecule has 7 heteroatoms. The SMILES string of the molecule is CC(=O)N[C@@H](Cc1cc(F)cc(F)c1)[C@H](O)C[NH2+][C@H]1C[C@H](C2CC2)Oc2ccc(CC(C)(C)C)cc21. The average molecular weight is 502 g/mol. The first kappa shape index (κ1) is 26.6. The van der Waals surface area contributed by atoms with Crippen molar-refractivity contribution in [2.45, 2.75) is 84.1 Å². The van der Waals surface area contributed by atoms with Gasteiger partial charge >= 0.3 is 0 Å². The van der Waals surface area contributed by atoms with Crippen molar-refractivity contribution >= 4 is 5.91 Å². The van der Waals surface area contributed by atoms with Gasteiger partial charge in [0, 0.05) is 19.4 Å². The molecule has 36 heavy (non-hydrogen) atoms. The van der Waals surface area contributed by atoms with Crippen LogP contribution in [0.1, 0.15) is 69.7 Å². The van der Waals surface area contributed by atoms with Gasteiger partial charge in [-0.3, -0.25) is 4.79 Å². The normalized spacial score (nSPS) is 21.3. The second-order valence-electron chi connectivity index (χ2n) is 11.8. The second-order valence-corrected chi connectivity index (χ2v) is 11.8. The Morgan fingerprint density at radius 2 is 1.83 bits per heavy atom. The Morgan fingerprint density at radius 3 is 2.44 bits per heavy atom. The number of ether oxygens (including phenoxy) is 1. The molecule has 4 atom stereocenters. The lowest BCUT2D eigenvalue weighted by Gasteiger charge is -2.33. The zero-order valence-electron chi connectivity index (χ0n) is 21.7. The lowest BCUT2D eigenvalue weighted by Crippen LogP contribution is -2.88. The third-order valence-corrected chi connectivity index (χ3v) is 7.01. The number of benzene rings is 2. The lowest BCUT2D eigenvalue weighted by molar-refractivity contribution is -0.704. The maximum atomic E-state index is 13.7. The summed E-state index contributed by atoms with van der Waals surface area (Å²) in [6, 6.07) is 9.22. The van der Waals surface area contributed by atoms with Gasteiger partial charge in [-0.2, -0.15) is 0 Å². The second kappa shape index (κ2) is 10.9. The molecule has 0 unspecified atom stereocenters. The van der Waals surface area contributed by atoms with E-state index >= 15 is 0 Å². The third-order valence-electron chi connectivity index (χ3n) is 7.01. The van der Waals surface area contributed by atoms with Crippen LogP contribution in [0.5, 0.6) is 5.75 Å². The van der Waals surface area contributed by atoms with Gasteiger partial charge in [-0.05, 0) is 72.4 Å². The summed E-state index contributed by atoms with van der Waals surface area (Å²) in [6.45, 7) is 8.38. The van der Waals surface area contributed by atoms with E-state index in [-0.39, 0.29) is 29.9 Å². The van der Waals surface area contributed by atoms with Crippen molar-refractivity contribution in [3.63, 3.8) is 0 Å². The Hall–Kier alpha value is -2.51. The number of fused-ring (bicyclic) bond motifs is 1. The number of nitrogens with two attached hydrogens (primary N) is 1. The van der Waals surface area contributed by atoms with E-state index in [1.54, 1.807) is 0 Å². The van der Waals surface area contributed by atoms with Crippen molar-refractivity contribution in [1.29, 1.82) is 0 Å². The number of hydrogen-bond acceptors (Lipinski definition) is 3. The summed E-state index contributed by atoms with van der Waals surface area (Å²) in [5.74, 6) is -0.149. The monoisotopic (exact) mass is 501 g/mol. The van der Waals surface area contributed by atoms with Crippen LogP contribution in [0.2, 0.25) is 0 Å². The molecule has 4 N–H and O–H groups in total. The van der Waals surface area contributed by atoms with Crippen LogP contribution >= 0.6 is 0 Å². The van der Waals surface area contributed by atoms with E-state index in [0.29, 0.717) is 18.0 Å². The summed E-state index contributed by atoms with van der Waals surface area (Å²) in [5.41, 5.74) is 2.96. The minimum absolute atomic E-state index is 0.124. The van der Waals surface area contributed by atoms with Crippen LogP contribution in [0, 0.1) is 23.0 Å². The van der Waals surface area contributed by atoms with Gasteiger partial charge in [0.05, 0.1) is 11.6 Å². The van der Waals surface area contributed by atoms with Crippen molar-refractivity contribution < 1.29 is 28.7 Å². The summed E-state index contributed by atoms with van der Waals surface area (Å²) in [5, 5.41) is 16.0. The largest absolute Gasteiger partial charge is 0.489 e. The van der Waals surface area contributed by atoms with Gasteiger partial charge < -0.3 is 20.5 Å². The average Bonchev–Trinajstić information content (AvgIpc) is 3.60. The number of carbonyl (C=O) groups is 1. The molecule has 0 bridgehead atoms. The predicted molar refractivity (Wildman–Crippen MR) is 135 cm³/mol. The molecule has 0 spiro atoms. The molecule has 1 amide bonds. The molecule has 1 heterocycles. The van der Waals surface area contributed by atoms with Crippen LogP contribution in [0.25, 0.3) is 0 Å². The van der Waals surface area contributed by atoms with Gasteiger partial charge in [0.15, 0.2) is 0 Å². The predicted octanol–water partition coefficient (Wildman–Crippen LogP) is 3.83. The Labute approximate surface area is 212 Å². The van der Waals surface area contributed by atoms with Crippen LogP contribution in [-0.4, -0.2) is 35.8 Å². The molecule has 1 fully saturated rings. The first-order chi connectivity index (χ1) is 17.0. The number of aliphatic hydroxyl groups is 1. The topological polar surface area (TPSA) is 75.2 Å². The van der Waals surface area contributed by atoms with Gasteiger partial charge in [0.1, 0.15) is 42.2 Å². The summed E-state index contributed by atoms with van der Waals surface area (Å²) < 4.78 is 33.8. The number of hydrogen-bond donors (Lipinski definition) is 3. The summed E-state index contributed by atoms with van der Waals surface area (Å²) in [6.07, 6.45) is 3.60. The fraction of sp³-hybridized carbons (Fsp3) is 0.552. The molecule has 1 saturated carbocycles. The van der Waals surface area contributed by atoms with Crippen LogP contribution < -0.4 is 15.4 Å². The molecule has 0 saturated heterocycles. The van der Waals surface area contributed by atoms with Crippen molar-refractivity contribution in [2.75, 3.05) is 6.54 Å². The molecule has 0 aromatic heterocycles. The van der Waals surface area contributed by atoms with Gasteiger partial charge in [-0.1, -0.05) is 26.8 Å².